The second-order valence-corrected chi connectivity index (χ2v) is 5.31. The van der Waals surface area contributed by atoms with Gasteiger partial charge in [0.15, 0.2) is 5.13 Å². The summed E-state index contributed by atoms with van der Waals surface area (Å²) in [6.07, 6.45) is 0. The molecule has 0 spiro atoms. The first-order chi connectivity index (χ1) is 10.2. The van der Waals surface area contributed by atoms with Gasteiger partial charge in [-0.15, -0.1) is 0 Å². The molecule has 21 heavy (non-hydrogen) atoms. The van der Waals surface area contributed by atoms with E-state index in [-0.39, 0.29) is 5.82 Å². The molecule has 3 rings (SSSR count). The van der Waals surface area contributed by atoms with Crippen molar-refractivity contribution in [3.8, 4) is 11.8 Å². The Kier molecular flexibility index (Phi) is 3.42. The molecule has 0 aliphatic rings. The average Bonchev–Trinajstić information content (AvgIpc) is 2.89. The highest BCUT2D eigenvalue weighted by molar-refractivity contribution is 7.22. The maximum absolute atomic E-state index is 13.2. The topological polar surface area (TPSA) is 57.9 Å². The maximum Gasteiger partial charge on any atom is 0.188 e. The summed E-state index contributed by atoms with van der Waals surface area (Å²) in [5, 5.41) is 12.7. The number of hydrogen-bond acceptors (Lipinski definition) is 5. The Morgan fingerprint density at radius 1 is 1.29 bits per heavy atom. The SMILES string of the molecule is COc1cc(C#N)ccc1Nc1nc2ccc(F)cc2s1. The van der Waals surface area contributed by atoms with Crippen molar-refractivity contribution in [2.45, 2.75) is 0 Å². The van der Waals surface area contributed by atoms with Gasteiger partial charge in [-0.25, -0.2) is 9.37 Å². The van der Waals surface area contributed by atoms with E-state index in [0.717, 1.165) is 10.2 Å². The van der Waals surface area contributed by atoms with Crippen LogP contribution >= 0.6 is 11.3 Å². The van der Waals surface area contributed by atoms with Crippen LogP contribution in [0.5, 0.6) is 5.75 Å². The molecule has 0 unspecified atom stereocenters. The first-order valence-electron chi connectivity index (χ1n) is 6.11. The van der Waals surface area contributed by atoms with E-state index in [2.05, 4.69) is 16.4 Å². The second kappa shape index (κ2) is 5.38. The Hall–Kier alpha value is -2.65. The van der Waals surface area contributed by atoms with Gasteiger partial charge in [0.25, 0.3) is 0 Å². The highest BCUT2D eigenvalue weighted by Gasteiger charge is 2.09. The number of benzene rings is 2. The van der Waals surface area contributed by atoms with Crippen molar-refractivity contribution in [2.75, 3.05) is 12.4 Å². The number of aromatic nitrogens is 1. The lowest BCUT2D eigenvalue weighted by Crippen LogP contribution is -1.94. The summed E-state index contributed by atoms with van der Waals surface area (Å²) in [5.41, 5.74) is 1.95. The Balaban J connectivity index is 1.96. The first-order valence-corrected chi connectivity index (χ1v) is 6.92. The van der Waals surface area contributed by atoms with Crippen LogP contribution in [-0.4, -0.2) is 12.1 Å². The van der Waals surface area contributed by atoms with E-state index in [1.54, 1.807) is 24.3 Å². The van der Waals surface area contributed by atoms with Crippen molar-refractivity contribution in [2.24, 2.45) is 0 Å². The number of fused-ring (bicyclic) bond motifs is 1. The van der Waals surface area contributed by atoms with Crippen LogP contribution in [0.15, 0.2) is 36.4 Å². The fourth-order valence-corrected chi connectivity index (χ4v) is 2.83. The van der Waals surface area contributed by atoms with Gasteiger partial charge in [0.2, 0.25) is 0 Å². The predicted molar refractivity (Wildman–Crippen MR) is 80.6 cm³/mol. The van der Waals surface area contributed by atoms with E-state index in [0.29, 0.717) is 22.1 Å². The van der Waals surface area contributed by atoms with Gasteiger partial charge in [0, 0.05) is 6.07 Å². The van der Waals surface area contributed by atoms with Crippen molar-refractivity contribution >= 4 is 32.4 Å². The third-order valence-corrected chi connectivity index (χ3v) is 3.86. The summed E-state index contributed by atoms with van der Waals surface area (Å²) in [7, 11) is 1.54. The molecule has 1 heterocycles. The number of anilines is 2. The fraction of sp³-hybridized carbons (Fsp3) is 0.0667. The Bertz CT molecular complexity index is 854. The quantitative estimate of drug-likeness (QED) is 0.792. The van der Waals surface area contributed by atoms with Crippen LogP contribution in [0.25, 0.3) is 10.2 Å². The number of ether oxygens (including phenoxy) is 1. The number of nitriles is 1. The molecule has 1 aromatic heterocycles. The number of halogens is 1. The maximum atomic E-state index is 13.2. The van der Waals surface area contributed by atoms with Gasteiger partial charge < -0.3 is 10.1 Å². The predicted octanol–water partition coefficient (Wildman–Crippen LogP) is 4.06. The van der Waals surface area contributed by atoms with E-state index < -0.39 is 0 Å². The van der Waals surface area contributed by atoms with E-state index in [4.69, 9.17) is 10.00 Å². The number of hydrogen-bond donors (Lipinski definition) is 1. The molecule has 0 aliphatic heterocycles. The summed E-state index contributed by atoms with van der Waals surface area (Å²) >= 11 is 1.35. The molecule has 0 aliphatic carbocycles. The summed E-state index contributed by atoms with van der Waals surface area (Å²) in [5.74, 6) is 0.271. The number of nitrogens with zero attached hydrogens (tertiary/aromatic N) is 2. The molecule has 0 amide bonds. The fourth-order valence-electron chi connectivity index (χ4n) is 1.93. The lowest BCUT2D eigenvalue weighted by atomic mass is 10.2. The molecule has 0 atom stereocenters. The van der Waals surface area contributed by atoms with Crippen molar-refractivity contribution in [3.05, 3.63) is 47.8 Å². The molecular formula is C15H10FN3OS. The third kappa shape index (κ3) is 2.64. The smallest absolute Gasteiger partial charge is 0.188 e. The minimum atomic E-state index is -0.284. The number of thiazole rings is 1. The normalized spacial score (nSPS) is 10.3. The van der Waals surface area contributed by atoms with Gasteiger partial charge in [-0.3, -0.25) is 0 Å². The van der Waals surface area contributed by atoms with Crippen LogP contribution in [0.1, 0.15) is 5.56 Å². The van der Waals surface area contributed by atoms with Crippen LogP contribution in [0.4, 0.5) is 15.2 Å². The summed E-state index contributed by atoms with van der Waals surface area (Å²) in [6.45, 7) is 0. The van der Waals surface area contributed by atoms with Crippen molar-refractivity contribution < 1.29 is 9.13 Å². The number of nitrogens with one attached hydrogen (secondary N) is 1. The van der Waals surface area contributed by atoms with Crippen molar-refractivity contribution in [1.29, 1.82) is 5.26 Å². The lowest BCUT2D eigenvalue weighted by molar-refractivity contribution is 0.416. The molecule has 6 heteroatoms. The van der Waals surface area contributed by atoms with Crippen LogP contribution in [-0.2, 0) is 0 Å². The van der Waals surface area contributed by atoms with Gasteiger partial charge in [-0.1, -0.05) is 11.3 Å². The zero-order valence-corrected chi connectivity index (χ0v) is 11.9. The van der Waals surface area contributed by atoms with Crippen LogP contribution in [0.3, 0.4) is 0 Å². The van der Waals surface area contributed by atoms with E-state index in [1.165, 1.54) is 30.6 Å². The molecular weight excluding hydrogens is 289 g/mol. The molecule has 0 bridgehead atoms. The van der Waals surface area contributed by atoms with Gasteiger partial charge in [0.1, 0.15) is 11.6 Å². The Labute approximate surface area is 124 Å². The molecule has 104 valence electrons. The number of methoxy groups -OCH3 is 1. The first kappa shape index (κ1) is 13.3. The molecule has 0 saturated heterocycles. The Morgan fingerprint density at radius 3 is 2.90 bits per heavy atom. The van der Waals surface area contributed by atoms with Crippen molar-refractivity contribution in [3.63, 3.8) is 0 Å². The standard InChI is InChI=1S/C15H10FN3OS/c1-20-13-6-9(8-17)2-4-11(13)18-15-19-12-5-3-10(16)7-14(12)21-15/h2-7H,1H3,(H,18,19). The highest BCUT2D eigenvalue weighted by atomic mass is 32.1. The zero-order valence-electron chi connectivity index (χ0n) is 11.1. The highest BCUT2D eigenvalue weighted by Crippen LogP contribution is 2.33. The van der Waals surface area contributed by atoms with Gasteiger partial charge in [0.05, 0.1) is 34.6 Å². The van der Waals surface area contributed by atoms with Gasteiger partial charge >= 0.3 is 0 Å². The number of rotatable bonds is 3. The molecule has 0 fully saturated rings. The Morgan fingerprint density at radius 2 is 2.14 bits per heavy atom. The molecule has 0 radical (unpaired) electrons. The summed E-state index contributed by atoms with van der Waals surface area (Å²) in [4.78, 5) is 4.39. The summed E-state index contributed by atoms with van der Waals surface area (Å²) in [6, 6.07) is 11.6. The van der Waals surface area contributed by atoms with Gasteiger partial charge in [-0.05, 0) is 30.3 Å². The third-order valence-electron chi connectivity index (χ3n) is 2.92. The minimum Gasteiger partial charge on any atom is -0.495 e. The molecule has 0 saturated carbocycles. The summed E-state index contributed by atoms with van der Waals surface area (Å²) < 4.78 is 19.2. The van der Waals surface area contributed by atoms with E-state index in [1.807, 2.05) is 0 Å². The van der Waals surface area contributed by atoms with E-state index >= 15 is 0 Å². The van der Waals surface area contributed by atoms with Gasteiger partial charge in [-0.2, -0.15) is 5.26 Å². The van der Waals surface area contributed by atoms with Crippen LogP contribution in [0.2, 0.25) is 0 Å². The van der Waals surface area contributed by atoms with Crippen molar-refractivity contribution in [1.82, 2.24) is 4.98 Å². The van der Waals surface area contributed by atoms with E-state index in [9.17, 15) is 4.39 Å². The largest absolute Gasteiger partial charge is 0.495 e. The monoisotopic (exact) mass is 299 g/mol. The molecule has 3 aromatic rings. The second-order valence-electron chi connectivity index (χ2n) is 4.28. The molecule has 4 nitrogen and oxygen atoms in total. The zero-order chi connectivity index (χ0) is 14.8. The molecule has 1 N–H and O–H groups in total. The lowest BCUT2D eigenvalue weighted by Gasteiger charge is -2.08. The van der Waals surface area contributed by atoms with Crippen LogP contribution < -0.4 is 10.1 Å². The molecule has 2 aromatic carbocycles. The minimum absolute atomic E-state index is 0.284. The van der Waals surface area contributed by atoms with Crippen LogP contribution in [0, 0.1) is 17.1 Å². The average molecular weight is 299 g/mol.